The molecule has 0 radical (unpaired) electrons. The number of primary amides is 1. The molecule has 13 heavy (non-hydrogen) atoms. The number of carbonyl (C=O) groups is 2. The quantitative estimate of drug-likeness (QED) is 0.411. The molecule has 1 atom stereocenters. The van der Waals surface area contributed by atoms with Crippen molar-refractivity contribution in [1.29, 1.82) is 0 Å². The van der Waals surface area contributed by atoms with Crippen LogP contribution in [0.3, 0.4) is 0 Å². The van der Waals surface area contributed by atoms with Crippen molar-refractivity contribution in [2.45, 2.75) is 26.8 Å². The van der Waals surface area contributed by atoms with Crippen molar-refractivity contribution in [3.63, 3.8) is 0 Å². The maximum atomic E-state index is 10.6. The predicted molar refractivity (Wildman–Crippen MR) is 49.1 cm³/mol. The Morgan fingerprint density at radius 3 is 2.31 bits per heavy atom. The van der Waals surface area contributed by atoms with Crippen LogP contribution in [0.1, 0.15) is 20.8 Å². The Labute approximate surface area is 76.6 Å². The molecule has 74 valence electrons. The van der Waals surface area contributed by atoms with E-state index in [-0.39, 0.29) is 11.9 Å². The Morgan fingerprint density at radius 1 is 1.38 bits per heavy atom. The number of nitrogens with two attached hydrogens (primary N) is 1. The molecular formula is C7H14N4O2. The molecule has 0 aromatic heterocycles. The highest BCUT2D eigenvalue weighted by Gasteiger charge is 2.06. The largest absolute Gasteiger partial charge is 0.350 e. The van der Waals surface area contributed by atoms with Crippen molar-refractivity contribution in [2.24, 2.45) is 10.8 Å². The minimum Gasteiger partial charge on any atom is -0.350 e. The van der Waals surface area contributed by atoms with Gasteiger partial charge < -0.3 is 11.1 Å². The van der Waals surface area contributed by atoms with Gasteiger partial charge in [-0.2, -0.15) is 5.10 Å². The summed E-state index contributed by atoms with van der Waals surface area (Å²) in [5.74, 6) is -0.152. The minimum atomic E-state index is -0.727. The monoisotopic (exact) mass is 186 g/mol. The third-order valence-corrected chi connectivity index (χ3v) is 1.39. The van der Waals surface area contributed by atoms with Crippen LogP contribution in [-0.4, -0.2) is 23.7 Å². The van der Waals surface area contributed by atoms with E-state index >= 15 is 0 Å². The lowest BCUT2D eigenvalue weighted by Crippen LogP contribution is -2.37. The summed E-state index contributed by atoms with van der Waals surface area (Å²) in [6, 6.07) is -0.946. The summed E-state index contributed by atoms with van der Waals surface area (Å²) >= 11 is 0. The second-order valence-electron chi connectivity index (χ2n) is 2.65. The number of hydrazone groups is 1. The zero-order valence-corrected chi connectivity index (χ0v) is 7.92. The standard InChI is InChI=1S/C7H14N4O2/c1-4(9-6(3)12)5(2)10-11-7(8)13/h4H,1-3H3,(H,9,12)(H3,8,11,13)/b10-5+/t4-/m0/s1. The minimum absolute atomic E-state index is 0.152. The molecule has 0 saturated heterocycles. The van der Waals surface area contributed by atoms with E-state index in [1.807, 2.05) is 0 Å². The van der Waals surface area contributed by atoms with Gasteiger partial charge in [0.05, 0.1) is 11.8 Å². The molecule has 0 aliphatic carbocycles. The van der Waals surface area contributed by atoms with Gasteiger partial charge in [-0.25, -0.2) is 10.2 Å². The lowest BCUT2D eigenvalue weighted by molar-refractivity contribution is -0.119. The van der Waals surface area contributed by atoms with Gasteiger partial charge in [-0.3, -0.25) is 4.79 Å². The van der Waals surface area contributed by atoms with E-state index in [0.717, 1.165) is 0 Å². The van der Waals surface area contributed by atoms with Crippen molar-refractivity contribution in [3.05, 3.63) is 0 Å². The molecule has 6 nitrogen and oxygen atoms in total. The number of urea groups is 1. The Kier molecular flexibility index (Phi) is 4.50. The SMILES string of the molecule is CC(=O)N[C@@H](C)/C(C)=N/NC(N)=O. The third kappa shape index (κ3) is 5.66. The van der Waals surface area contributed by atoms with Crippen molar-refractivity contribution in [3.8, 4) is 0 Å². The molecule has 4 N–H and O–H groups in total. The number of nitrogens with one attached hydrogen (secondary N) is 2. The fourth-order valence-corrected chi connectivity index (χ4v) is 0.649. The van der Waals surface area contributed by atoms with E-state index in [2.05, 4.69) is 15.8 Å². The lowest BCUT2D eigenvalue weighted by atomic mass is 10.2. The van der Waals surface area contributed by atoms with Crippen LogP contribution in [-0.2, 0) is 4.79 Å². The van der Waals surface area contributed by atoms with Crippen LogP contribution in [0.4, 0.5) is 4.79 Å². The van der Waals surface area contributed by atoms with Gasteiger partial charge >= 0.3 is 6.03 Å². The van der Waals surface area contributed by atoms with E-state index in [0.29, 0.717) is 5.71 Å². The first-order chi connectivity index (χ1) is 5.93. The Bertz CT molecular complexity index is 237. The van der Waals surface area contributed by atoms with Crippen molar-refractivity contribution >= 4 is 17.6 Å². The predicted octanol–water partition coefficient (Wildman–Crippen LogP) is -0.445. The summed E-state index contributed by atoms with van der Waals surface area (Å²) < 4.78 is 0. The molecule has 0 bridgehead atoms. The van der Waals surface area contributed by atoms with E-state index in [9.17, 15) is 9.59 Å². The molecule has 0 aromatic rings. The number of carbonyl (C=O) groups excluding carboxylic acids is 2. The normalized spacial score (nSPS) is 13.3. The Morgan fingerprint density at radius 2 is 1.92 bits per heavy atom. The van der Waals surface area contributed by atoms with Crippen LogP contribution in [0.25, 0.3) is 0 Å². The van der Waals surface area contributed by atoms with Gasteiger partial charge in [0, 0.05) is 6.92 Å². The zero-order chi connectivity index (χ0) is 10.4. The second kappa shape index (κ2) is 5.13. The average molecular weight is 186 g/mol. The molecule has 0 rings (SSSR count). The van der Waals surface area contributed by atoms with Crippen LogP contribution in [0.5, 0.6) is 0 Å². The maximum Gasteiger partial charge on any atom is 0.332 e. The summed E-state index contributed by atoms with van der Waals surface area (Å²) in [4.78, 5) is 20.9. The summed E-state index contributed by atoms with van der Waals surface area (Å²) in [5.41, 5.74) is 7.45. The summed E-state index contributed by atoms with van der Waals surface area (Å²) in [6.07, 6.45) is 0. The fraction of sp³-hybridized carbons (Fsp3) is 0.571. The van der Waals surface area contributed by atoms with Crippen LogP contribution in [0, 0.1) is 0 Å². The maximum absolute atomic E-state index is 10.6. The number of amides is 3. The van der Waals surface area contributed by atoms with Crippen LogP contribution in [0.15, 0.2) is 5.10 Å². The van der Waals surface area contributed by atoms with Gasteiger partial charge in [-0.1, -0.05) is 0 Å². The molecule has 0 fully saturated rings. The molecule has 0 spiro atoms. The van der Waals surface area contributed by atoms with E-state index < -0.39 is 6.03 Å². The Balaban J connectivity index is 4.07. The number of hydrogen-bond acceptors (Lipinski definition) is 3. The van der Waals surface area contributed by atoms with Crippen LogP contribution in [0.2, 0.25) is 0 Å². The van der Waals surface area contributed by atoms with E-state index in [4.69, 9.17) is 5.73 Å². The van der Waals surface area contributed by atoms with Crippen molar-refractivity contribution in [1.82, 2.24) is 10.7 Å². The highest BCUT2D eigenvalue weighted by atomic mass is 16.2. The molecule has 0 unspecified atom stereocenters. The second-order valence-corrected chi connectivity index (χ2v) is 2.65. The first-order valence-electron chi connectivity index (χ1n) is 3.80. The lowest BCUT2D eigenvalue weighted by Gasteiger charge is -2.11. The highest BCUT2D eigenvalue weighted by molar-refractivity contribution is 5.91. The van der Waals surface area contributed by atoms with Crippen molar-refractivity contribution in [2.75, 3.05) is 0 Å². The zero-order valence-electron chi connectivity index (χ0n) is 7.92. The molecule has 0 aliphatic rings. The molecule has 6 heteroatoms. The van der Waals surface area contributed by atoms with Gasteiger partial charge in [-0.05, 0) is 13.8 Å². The topological polar surface area (TPSA) is 96.6 Å². The van der Waals surface area contributed by atoms with Crippen molar-refractivity contribution < 1.29 is 9.59 Å². The fourth-order valence-electron chi connectivity index (χ4n) is 0.649. The summed E-state index contributed by atoms with van der Waals surface area (Å²) in [5, 5.41) is 6.26. The van der Waals surface area contributed by atoms with E-state index in [1.54, 1.807) is 13.8 Å². The first-order valence-corrected chi connectivity index (χ1v) is 3.80. The molecule has 0 saturated carbocycles. The number of nitrogens with zero attached hydrogens (tertiary/aromatic N) is 1. The van der Waals surface area contributed by atoms with Gasteiger partial charge in [-0.15, -0.1) is 0 Å². The summed E-state index contributed by atoms with van der Waals surface area (Å²) in [7, 11) is 0. The van der Waals surface area contributed by atoms with Gasteiger partial charge in [0.2, 0.25) is 5.91 Å². The number of rotatable bonds is 3. The molecular weight excluding hydrogens is 172 g/mol. The average Bonchev–Trinajstić information content (AvgIpc) is 1.98. The molecule has 0 heterocycles. The van der Waals surface area contributed by atoms with Gasteiger partial charge in [0.25, 0.3) is 0 Å². The Hall–Kier alpha value is -1.59. The van der Waals surface area contributed by atoms with Crippen LogP contribution >= 0.6 is 0 Å². The first kappa shape index (κ1) is 11.4. The van der Waals surface area contributed by atoms with E-state index in [1.165, 1.54) is 6.92 Å². The van der Waals surface area contributed by atoms with Gasteiger partial charge in [0.1, 0.15) is 0 Å². The van der Waals surface area contributed by atoms with Crippen LogP contribution < -0.4 is 16.5 Å². The highest BCUT2D eigenvalue weighted by Crippen LogP contribution is 1.86. The molecule has 3 amide bonds. The summed E-state index contributed by atoms with van der Waals surface area (Å²) in [6.45, 7) is 4.84. The smallest absolute Gasteiger partial charge is 0.332 e. The van der Waals surface area contributed by atoms with Gasteiger partial charge in [0.15, 0.2) is 0 Å². The third-order valence-electron chi connectivity index (χ3n) is 1.39. The molecule has 0 aromatic carbocycles. The molecule has 0 aliphatic heterocycles. The number of hydrogen-bond donors (Lipinski definition) is 3.